The molecule has 122 valence electrons. The van der Waals surface area contributed by atoms with Gasteiger partial charge in [0.1, 0.15) is 5.82 Å². The fourth-order valence-electron chi connectivity index (χ4n) is 2.77. The van der Waals surface area contributed by atoms with Gasteiger partial charge in [0.2, 0.25) is 0 Å². The van der Waals surface area contributed by atoms with Gasteiger partial charge in [0.15, 0.2) is 5.82 Å². The van der Waals surface area contributed by atoms with Crippen LogP contribution in [0.2, 0.25) is 0 Å². The predicted molar refractivity (Wildman–Crippen MR) is 88.1 cm³/mol. The molecule has 1 aliphatic rings. The number of nitrogens with zero attached hydrogens (tertiary/aromatic N) is 3. The molecule has 1 aromatic carbocycles. The van der Waals surface area contributed by atoms with E-state index in [0.29, 0.717) is 30.4 Å². The van der Waals surface area contributed by atoms with Crippen LogP contribution >= 0.6 is 15.9 Å². The fourth-order valence-corrected chi connectivity index (χ4v) is 3.15. The van der Waals surface area contributed by atoms with Gasteiger partial charge in [0.05, 0.1) is 12.4 Å². The quantitative estimate of drug-likeness (QED) is 0.857. The maximum atomic E-state index is 13.3. The number of para-hydroxylation sites is 1. The summed E-state index contributed by atoms with van der Waals surface area (Å²) in [4.78, 5) is 18.3. The maximum Gasteiger partial charge on any atom is 0.321 e. The average molecular weight is 382 g/mol. The lowest BCUT2D eigenvalue weighted by Crippen LogP contribution is -2.33. The van der Waals surface area contributed by atoms with E-state index in [1.54, 1.807) is 17.9 Å². The van der Waals surface area contributed by atoms with Gasteiger partial charge in [-0.3, -0.25) is 9.49 Å². The Hall–Kier alpha value is -1.96. The molecule has 1 fully saturated rings. The van der Waals surface area contributed by atoms with Crippen molar-refractivity contribution in [1.82, 2.24) is 20.1 Å². The number of hydrogen-bond acceptors (Lipinski definition) is 3. The van der Waals surface area contributed by atoms with Crippen LogP contribution in [0.5, 0.6) is 0 Å². The second-order valence-electron chi connectivity index (χ2n) is 5.61. The number of urea groups is 1. The number of amides is 2. The van der Waals surface area contributed by atoms with Crippen molar-refractivity contribution in [2.75, 3.05) is 25.1 Å². The van der Waals surface area contributed by atoms with Gasteiger partial charge in [-0.25, -0.2) is 9.78 Å². The standard InChI is InChI=1S/C15H17BrFN5O/c1-9-18-14(21-20-9)11-8-22(7-10(11)6-17)15(23)19-13-5-3-2-4-12(13)16/h2-5,10-11H,6-8H2,1H3,(H,19,23)(H,18,20,21)/t10-,11-/m1/s1. The van der Waals surface area contributed by atoms with Crippen molar-refractivity contribution in [2.24, 2.45) is 5.92 Å². The molecule has 3 rings (SSSR count). The number of aromatic amines is 1. The number of nitrogens with one attached hydrogen (secondary N) is 2. The van der Waals surface area contributed by atoms with Crippen molar-refractivity contribution in [1.29, 1.82) is 0 Å². The molecule has 2 heterocycles. The number of hydrogen-bond donors (Lipinski definition) is 2. The highest BCUT2D eigenvalue weighted by Crippen LogP contribution is 2.32. The third-order valence-electron chi connectivity index (χ3n) is 3.99. The molecule has 0 radical (unpaired) electrons. The Morgan fingerprint density at radius 2 is 2.26 bits per heavy atom. The predicted octanol–water partition coefficient (Wildman–Crippen LogP) is 3.09. The molecule has 0 aliphatic carbocycles. The highest BCUT2D eigenvalue weighted by atomic mass is 79.9. The van der Waals surface area contributed by atoms with E-state index in [4.69, 9.17) is 0 Å². The molecular weight excluding hydrogens is 365 g/mol. The summed E-state index contributed by atoms with van der Waals surface area (Å²) in [7, 11) is 0. The van der Waals surface area contributed by atoms with E-state index < -0.39 is 6.67 Å². The number of halogens is 2. The van der Waals surface area contributed by atoms with Crippen LogP contribution in [-0.2, 0) is 0 Å². The topological polar surface area (TPSA) is 73.9 Å². The van der Waals surface area contributed by atoms with Crippen molar-refractivity contribution < 1.29 is 9.18 Å². The molecule has 23 heavy (non-hydrogen) atoms. The summed E-state index contributed by atoms with van der Waals surface area (Å²) < 4.78 is 14.1. The number of benzene rings is 1. The Kier molecular flexibility index (Phi) is 4.61. The second kappa shape index (κ2) is 6.66. The van der Waals surface area contributed by atoms with Crippen LogP contribution in [0.3, 0.4) is 0 Å². The highest BCUT2D eigenvalue weighted by Gasteiger charge is 2.38. The number of carbonyl (C=O) groups is 1. The number of likely N-dealkylation sites (tertiary alicyclic amines) is 1. The first-order valence-electron chi connectivity index (χ1n) is 7.33. The molecule has 0 spiro atoms. The molecule has 0 saturated carbocycles. The van der Waals surface area contributed by atoms with Crippen LogP contribution in [0.15, 0.2) is 28.7 Å². The summed E-state index contributed by atoms with van der Waals surface area (Å²) in [5.41, 5.74) is 0.687. The number of H-pyrrole nitrogens is 1. The number of alkyl halides is 1. The summed E-state index contributed by atoms with van der Waals surface area (Å²) >= 11 is 3.39. The normalized spacial score (nSPS) is 20.7. The Morgan fingerprint density at radius 1 is 1.48 bits per heavy atom. The minimum atomic E-state index is -0.503. The van der Waals surface area contributed by atoms with Gasteiger partial charge in [-0.05, 0) is 35.0 Å². The average Bonchev–Trinajstić information content (AvgIpc) is 3.15. The van der Waals surface area contributed by atoms with Gasteiger partial charge in [-0.2, -0.15) is 5.10 Å². The minimum absolute atomic E-state index is 0.185. The molecular formula is C15H17BrFN5O. The first-order chi connectivity index (χ1) is 11.1. The first-order valence-corrected chi connectivity index (χ1v) is 8.13. The second-order valence-corrected chi connectivity index (χ2v) is 6.47. The number of anilines is 1. The molecule has 2 aromatic rings. The Balaban J connectivity index is 1.72. The van der Waals surface area contributed by atoms with E-state index in [1.165, 1.54) is 0 Å². The SMILES string of the molecule is Cc1nc([C@@H]2CN(C(=O)Nc3ccccc3Br)C[C@H]2CF)n[nH]1. The molecule has 2 atom stereocenters. The van der Waals surface area contributed by atoms with Crippen LogP contribution in [0.1, 0.15) is 17.6 Å². The van der Waals surface area contributed by atoms with Crippen LogP contribution in [0.4, 0.5) is 14.9 Å². The van der Waals surface area contributed by atoms with E-state index in [1.807, 2.05) is 18.2 Å². The van der Waals surface area contributed by atoms with E-state index in [9.17, 15) is 9.18 Å². The summed E-state index contributed by atoms with van der Waals surface area (Å²) in [6.45, 7) is 2.05. The third-order valence-corrected chi connectivity index (χ3v) is 4.68. The van der Waals surface area contributed by atoms with Crippen molar-refractivity contribution >= 4 is 27.6 Å². The van der Waals surface area contributed by atoms with Gasteiger partial charge in [0, 0.05) is 29.4 Å². The zero-order valence-electron chi connectivity index (χ0n) is 12.6. The van der Waals surface area contributed by atoms with Crippen molar-refractivity contribution in [2.45, 2.75) is 12.8 Å². The van der Waals surface area contributed by atoms with Crippen LogP contribution in [-0.4, -0.2) is 45.9 Å². The Bertz CT molecular complexity index is 707. The lowest BCUT2D eigenvalue weighted by Gasteiger charge is -2.17. The number of aryl methyl sites for hydroxylation is 1. The van der Waals surface area contributed by atoms with Crippen molar-refractivity contribution in [3.05, 3.63) is 40.4 Å². The summed E-state index contributed by atoms with van der Waals surface area (Å²) in [6, 6.07) is 7.12. The molecule has 1 aromatic heterocycles. The van der Waals surface area contributed by atoms with Crippen LogP contribution in [0.25, 0.3) is 0 Å². The van der Waals surface area contributed by atoms with E-state index in [-0.39, 0.29) is 17.9 Å². The van der Waals surface area contributed by atoms with Gasteiger partial charge >= 0.3 is 6.03 Å². The first kappa shape index (κ1) is 15.9. The van der Waals surface area contributed by atoms with Crippen molar-refractivity contribution in [3.63, 3.8) is 0 Å². The van der Waals surface area contributed by atoms with Gasteiger partial charge in [-0.15, -0.1) is 0 Å². The number of aromatic nitrogens is 3. The number of carbonyl (C=O) groups excluding carboxylic acids is 1. The largest absolute Gasteiger partial charge is 0.323 e. The lowest BCUT2D eigenvalue weighted by molar-refractivity contribution is 0.219. The Morgan fingerprint density at radius 3 is 2.91 bits per heavy atom. The Labute approximate surface area is 141 Å². The summed E-state index contributed by atoms with van der Waals surface area (Å²) in [5.74, 6) is 0.792. The molecule has 1 saturated heterocycles. The van der Waals surface area contributed by atoms with E-state index in [2.05, 4.69) is 36.4 Å². The smallest absolute Gasteiger partial charge is 0.321 e. The molecule has 2 N–H and O–H groups in total. The zero-order valence-corrected chi connectivity index (χ0v) is 14.2. The monoisotopic (exact) mass is 381 g/mol. The van der Waals surface area contributed by atoms with Crippen LogP contribution in [0, 0.1) is 12.8 Å². The van der Waals surface area contributed by atoms with Gasteiger partial charge in [-0.1, -0.05) is 12.1 Å². The van der Waals surface area contributed by atoms with Gasteiger partial charge < -0.3 is 10.2 Å². The highest BCUT2D eigenvalue weighted by molar-refractivity contribution is 9.10. The zero-order chi connectivity index (χ0) is 16.4. The van der Waals surface area contributed by atoms with Gasteiger partial charge in [0.25, 0.3) is 0 Å². The fraction of sp³-hybridized carbons (Fsp3) is 0.400. The molecule has 6 nitrogen and oxygen atoms in total. The molecule has 8 heteroatoms. The van der Waals surface area contributed by atoms with Crippen LogP contribution < -0.4 is 5.32 Å². The molecule has 0 unspecified atom stereocenters. The molecule has 1 aliphatic heterocycles. The lowest BCUT2D eigenvalue weighted by atomic mass is 9.97. The van der Waals surface area contributed by atoms with Crippen molar-refractivity contribution in [3.8, 4) is 0 Å². The number of rotatable bonds is 3. The third kappa shape index (κ3) is 3.36. The summed E-state index contributed by atoms with van der Waals surface area (Å²) in [6.07, 6.45) is 0. The van der Waals surface area contributed by atoms with E-state index >= 15 is 0 Å². The molecule has 0 bridgehead atoms. The minimum Gasteiger partial charge on any atom is -0.323 e. The maximum absolute atomic E-state index is 13.3. The molecule has 2 amide bonds. The summed E-state index contributed by atoms with van der Waals surface area (Å²) in [5, 5.41) is 9.73. The van der Waals surface area contributed by atoms with E-state index in [0.717, 1.165) is 4.47 Å².